The van der Waals surface area contributed by atoms with E-state index in [9.17, 15) is 0 Å². The smallest absolute Gasteiger partial charge is 0.155 e. The molecule has 3 nitrogen and oxygen atoms in total. The number of aromatic nitrogens is 3. The van der Waals surface area contributed by atoms with E-state index in [1.807, 2.05) is 22.9 Å². The van der Waals surface area contributed by atoms with Crippen LogP contribution >= 0.6 is 0 Å². The van der Waals surface area contributed by atoms with Crippen LogP contribution in [-0.2, 0) is 12.0 Å². The van der Waals surface area contributed by atoms with Crippen LogP contribution in [0.3, 0.4) is 0 Å². The fourth-order valence-corrected chi connectivity index (χ4v) is 1.48. The molecule has 0 spiro atoms. The molecule has 0 N–H and O–H groups in total. The van der Waals surface area contributed by atoms with E-state index in [1.165, 1.54) is 5.56 Å². The first-order valence-corrected chi connectivity index (χ1v) is 5.49. The Labute approximate surface area is 96.1 Å². The van der Waals surface area contributed by atoms with Crippen molar-refractivity contribution in [2.24, 2.45) is 0 Å². The van der Waals surface area contributed by atoms with Crippen LogP contribution < -0.4 is 0 Å². The van der Waals surface area contributed by atoms with Crippen LogP contribution in [0.1, 0.15) is 32.2 Å². The van der Waals surface area contributed by atoms with Gasteiger partial charge in [-0.1, -0.05) is 51.1 Å². The van der Waals surface area contributed by atoms with Crippen molar-refractivity contribution in [3.8, 4) is 0 Å². The molecule has 3 heteroatoms. The zero-order valence-corrected chi connectivity index (χ0v) is 10.0. The highest BCUT2D eigenvalue weighted by Gasteiger charge is 2.18. The Balaban J connectivity index is 2.15. The first-order valence-electron chi connectivity index (χ1n) is 5.49. The zero-order valence-electron chi connectivity index (χ0n) is 10.0. The monoisotopic (exact) mass is 215 g/mol. The molecule has 2 rings (SSSR count). The lowest BCUT2D eigenvalue weighted by molar-refractivity contribution is 0.533. The minimum Gasteiger partial charge on any atom is -0.248 e. The van der Waals surface area contributed by atoms with Gasteiger partial charge in [0.25, 0.3) is 0 Å². The summed E-state index contributed by atoms with van der Waals surface area (Å²) >= 11 is 0. The molecule has 0 radical (unpaired) electrons. The van der Waals surface area contributed by atoms with E-state index in [-0.39, 0.29) is 5.41 Å². The van der Waals surface area contributed by atoms with E-state index in [0.717, 1.165) is 12.4 Å². The van der Waals surface area contributed by atoms with E-state index in [2.05, 4.69) is 43.0 Å². The van der Waals surface area contributed by atoms with Crippen molar-refractivity contribution < 1.29 is 0 Å². The summed E-state index contributed by atoms with van der Waals surface area (Å²) in [6.45, 7) is 7.14. The van der Waals surface area contributed by atoms with Gasteiger partial charge in [0, 0.05) is 5.41 Å². The highest BCUT2D eigenvalue weighted by molar-refractivity contribution is 5.14. The Hall–Kier alpha value is -1.64. The van der Waals surface area contributed by atoms with Gasteiger partial charge in [-0.05, 0) is 5.56 Å². The van der Waals surface area contributed by atoms with Crippen LogP contribution in [0.5, 0.6) is 0 Å². The minimum absolute atomic E-state index is 0.0158. The van der Waals surface area contributed by atoms with Gasteiger partial charge in [-0.2, -0.15) is 5.10 Å². The Morgan fingerprint density at radius 2 is 1.81 bits per heavy atom. The van der Waals surface area contributed by atoms with E-state index in [1.54, 1.807) is 6.33 Å². The van der Waals surface area contributed by atoms with E-state index >= 15 is 0 Å². The van der Waals surface area contributed by atoms with Gasteiger partial charge in [0.2, 0.25) is 0 Å². The Bertz CT molecular complexity index is 452. The third-order valence-corrected chi connectivity index (χ3v) is 2.39. The lowest BCUT2D eigenvalue weighted by atomic mass is 9.96. The summed E-state index contributed by atoms with van der Waals surface area (Å²) < 4.78 is 1.88. The summed E-state index contributed by atoms with van der Waals surface area (Å²) in [4.78, 5) is 4.34. The third-order valence-electron chi connectivity index (χ3n) is 2.39. The van der Waals surface area contributed by atoms with E-state index in [4.69, 9.17) is 0 Å². The summed E-state index contributed by atoms with van der Waals surface area (Å²) in [7, 11) is 0. The zero-order chi connectivity index (χ0) is 11.6. The van der Waals surface area contributed by atoms with Gasteiger partial charge in [-0.25, -0.2) is 9.67 Å². The van der Waals surface area contributed by atoms with Gasteiger partial charge in [0.15, 0.2) is 5.82 Å². The van der Waals surface area contributed by atoms with Crippen molar-refractivity contribution in [3.05, 3.63) is 48.0 Å². The Morgan fingerprint density at radius 3 is 2.38 bits per heavy atom. The van der Waals surface area contributed by atoms with E-state index < -0.39 is 0 Å². The minimum atomic E-state index is 0.0158. The number of benzene rings is 1. The van der Waals surface area contributed by atoms with Gasteiger partial charge < -0.3 is 0 Å². The molecule has 0 saturated carbocycles. The van der Waals surface area contributed by atoms with Crippen LogP contribution in [0.2, 0.25) is 0 Å². The fourth-order valence-electron chi connectivity index (χ4n) is 1.48. The molecule has 1 aromatic heterocycles. The molecule has 0 saturated heterocycles. The predicted octanol–water partition coefficient (Wildman–Crippen LogP) is 2.62. The highest BCUT2D eigenvalue weighted by atomic mass is 15.3. The highest BCUT2D eigenvalue weighted by Crippen LogP contribution is 2.17. The number of hydrogen-bond acceptors (Lipinski definition) is 2. The van der Waals surface area contributed by atoms with Crippen LogP contribution in [-0.4, -0.2) is 14.8 Å². The molecule has 0 atom stereocenters. The quantitative estimate of drug-likeness (QED) is 0.771. The molecule has 1 aromatic carbocycles. The van der Waals surface area contributed by atoms with Crippen molar-refractivity contribution in [1.29, 1.82) is 0 Å². The second kappa shape index (κ2) is 4.08. The Kier molecular flexibility index (Phi) is 2.77. The maximum Gasteiger partial charge on any atom is 0.155 e. The van der Waals surface area contributed by atoms with Crippen molar-refractivity contribution in [1.82, 2.24) is 14.8 Å². The number of rotatable bonds is 2. The van der Waals surface area contributed by atoms with Crippen molar-refractivity contribution in [2.75, 3.05) is 0 Å². The maximum atomic E-state index is 4.48. The number of hydrogen-bond donors (Lipinski definition) is 0. The SMILES string of the molecule is CC(C)(C)c1ncn(Cc2ccccc2)n1. The van der Waals surface area contributed by atoms with Gasteiger partial charge in [-0.15, -0.1) is 0 Å². The van der Waals surface area contributed by atoms with Gasteiger partial charge in [0.1, 0.15) is 6.33 Å². The van der Waals surface area contributed by atoms with Crippen molar-refractivity contribution >= 4 is 0 Å². The summed E-state index contributed by atoms with van der Waals surface area (Å²) in [5, 5.41) is 4.48. The number of nitrogens with zero attached hydrogens (tertiary/aromatic N) is 3. The maximum absolute atomic E-state index is 4.48. The lowest BCUT2D eigenvalue weighted by Gasteiger charge is -2.12. The molecule has 0 bridgehead atoms. The van der Waals surface area contributed by atoms with Gasteiger partial charge >= 0.3 is 0 Å². The summed E-state index contributed by atoms with van der Waals surface area (Å²) in [5.41, 5.74) is 1.26. The molecular formula is C13H17N3. The van der Waals surface area contributed by atoms with Crippen molar-refractivity contribution in [3.63, 3.8) is 0 Å². The molecular weight excluding hydrogens is 198 g/mol. The molecule has 0 aliphatic rings. The molecule has 0 amide bonds. The summed E-state index contributed by atoms with van der Waals surface area (Å²) in [5.74, 6) is 0.892. The topological polar surface area (TPSA) is 30.7 Å². The first-order chi connectivity index (χ1) is 7.55. The third kappa shape index (κ3) is 2.48. The molecule has 0 aliphatic carbocycles. The van der Waals surface area contributed by atoms with Gasteiger partial charge in [-0.3, -0.25) is 0 Å². The molecule has 0 fully saturated rings. The molecule has 16 heavy (non-hydrogen) atoms. The van der Waals surface area contributed by atoms with E-state index in [0.29, 0.717) is 0 Å². The largest absolute Gasteiger partial charge is 0.248 e. The molecule has 1 heterocycles. The molecule has 84 valence electrons. The summed E-state index contributed by atoms with van der Waals surface area (Å²) in [6.07, 6.45) is 1.80. The van der Waals surface area contributed by atoms with Crippen molar-refractivity contribution in [2.45, 2.75) is 32.7 Å². The second-order valence-electron chi connectivity index (χ2n) is 5.00. The lowest BCUT2D eigenvalue weighted by Crippen LogP contribution is -2.14. The first kappa shape index (κ1) is 10.9. The Morgan fingerprint density at radius 1 is 1.12 bits per heavy atom. The average Bonchev–Trinajstić information content (AvgIpc) is 2.67. The van der Waals surface area contributed by atoms with Gasteiger partial charge in [0.05, 0.1) is 6.54 Å². The predicted molar refractivity (Wildman–Crippen MR) is 64.3 cm³/mol. The standard InChI is InChI=1S/C13H17N3/c1-13(2,3)12-14-10-16(15-12)9-11-7-5-4-6-8-11/h4-8,10H,9H2,1-3H3. The summed E-state index contributed by atoms with van der Waals surface area (Å²) in [6, 6.07) is 10.3. The normalized spacial score (nSPS) is 11.7. The fraction of sp³-hybridized carbons (Fsp3) is 0.385. The molecule has 0 aliphatic heterocycles. The second-order valence-corrected chi connectivity index (χ2v) is 5.00. The average molecular weight is 215 g/mol. The van der Waals surface area contributed by atoms with Crippen LogP contribution in [0.15, 0.2) is 36.7 Å². The molecule has 0 unspecified atom stereocenters. The van der Waals surface area contributed by atoms with Crippen LogP contribution in [0.25, 0.3) is 0 Å². The van der Waals surface area contributed by atoms with Crippen LogP contribution in [0, 0.1) is 0 Å². The molecule has 2 aromatic rings. The van der Waals surface area contributed by atoms with Crippen LogP contribution in [0.4, 0.5) is 0 Å².